The number of hydrogen-bond acceptors (Lipinski definition) is 1. The molecule has 0 saturated heterocycles. The molecule has 0 radical (unpaired) electrons. The Bertz CT molecular complexity index is 758. The second-order valence-corrected chi connectivity index (χ2v) is 12.0. The number of ether oxygens (including phenoxy) is 1. The summed E-state index contributed by atoms with van der Waals surface area (Å²) in [5.74, 6) is 1.46. The Morgan fingerprint density at radius 3 is 1.52 bits per heavy atom. The number of rotatable bonds is 5. The van der Waals surface area contributed by atoms with Gasteiger partial charge in [0, 0.05) is 5.92 Å². The molecule has 0 aliphatic rings. The molecule has 2 aromatic rings. The molecule has 0 amide bonds. The molecule has 29 heavy (non-hydrogen) atoms. The third-order valence-electron chi connectivity index (χ3n) is 4.91. The van der Waals surface area contributed by atoms with Crippen LogP contribution >= 0.6 is 0 Å². The van der Waals surface area contributed by atoms with Crippen LogP contribution in [0.1, 0.15) is 97.4 Å². The summed E-state index contributed by atoms with van der Waals surface area (Å²) in [6.07, 6.45) is 2.01. The van der Waals surface area contributed by atoms with Crippen LogP contribution in [0, 0.1) is 10.8 Å². The smallest absolute Gasteiger partial charge is 0.126 e. The predicted octanol–water partition coefficient (Wildman–Crippen LogP) is 8.19. The van der Waals surface area contributed by atoms with Crippen LogP contribution in [-0.4, -0.2) is 5.60 Å². The fraction of sp³-hybridized carbons (Fsp3) is 0.571. The van der Waals surface area contributed by atoms with Crippen molar-refractivity contribution < 1.29 is 4.74 Å². The lowest BCUT2D eigenvalue weighted by Crippen LogP contribution is -2.26. The number of benzene rings is 2. The van der Waals surface area contributed by atoms with Gasteiger partial charge in [0.2, 0.25) is 0 Å². The maximum absolute atomic E-state index is 6.60. The van der Waals surface area contributed by atoms with E-state index in [1.54, 1.807) is 0 Å². The Balaban J connectivity index is 2.67. The van der Waals surface area contributed by atoms with Crippen molar-refractivity contribution in [2.75, 3.05) is 0 Å². The molecule has 0 aliphatic heterocycles. The molecule has 0 saturated carbocycles. The molecule has 2 rings (SSSR count). The first-order valence-electron chi connectivity index (χ1n) is 11.0. The van der Waals surface area contributed by atoms with Gasteiger partial charge in [0.25, 0.3) is 0 Å². The third kappa shape index (κ3) is 7.53. The molecule has 0 aliphatic carbocycles. The summed E-state index contributed by atoms with van der Waals surface area (Å²) in [5.41, 5.74) is 5.61. The van der Waals surface area contributed by atoms with Gasteiger partial charge in [-0.15, -0.1) is 0 Å². The number of hydrogen-bond donors (Lipinski definition) is 0. The lowest BCUT2D eigenvalue weighted by molar-refractivity contribution is 0.126. The average molecular weight is 395 g/mol. The van der Waals surface area contributed by atoms with E-state index >= 15 is 0 Å². The highest BCUT2D eigenvalue weighted by Crippen LogP contribution is 2.39. The third-order valence-corrected chi connectivity index (χ3v) is 4.91. The fourth-order valence-corrected chi connectivity index (χ4v) is 3.81. The Morgan fingerprint density at radius 2 is 1.14 bits per heavy atom. The van der Waals surface area contributed by atoms with Crippen LogP contribution in [0.25, 0.3) is 0 Å². The van der Waals surface area contributed by atoms with Crippen molar-refractivity contribution in [3.05, 3.63) is 64.7 Å². The predicted molar refractivity (Wildman–Crippen MR) is 127 cm³/mol. The van der Waals surface area contributed by atoms with E-state index in [9.17, 15) is 0 Å². The van der Waals surface area contributed by atoms with Gasteiger partial charge in [-0.1, -0.05) is 90.9 Å². The summed E-state index contributed by atoms with van der Waals surface area (Å²) in [4.78, 5) is 0. The molecule has 1 heteroatoms. The maximum atomic E-state index is 6.60. The van der Waals surface area contributed by atoms with Crippen molar-refractivity contribution in [1.29, 1.82) is 0 Å². The first-order valence-corrected chi connectivity index (χ1v) is 11.0. The van der Waals surface area contributed by atoms with Gasteiger partial charge in [-0.25, -0.2) is 0 Å². The zero-order valence-electron chi connectivity index (χ0n) is 20.4. The van der Waals surface area contributed by atoms with Gasteiger partial charge in [-0.05, 0) is 66.7 Å². The average Bonchev–Trinajstić information content (AvgIpc) is 2.54. The van der Waals surface area contributed by atoms with E-state index in [1.165, 1.54) is 22.3 Å². The van der Waals surface area contributed by atoms with E-state index in [-0.39, 0.29) is 16.4 Å². The standard InChI is InChI=1S/C28H42O/c1-20(21-14-12-11-13-15-21)22-16-23(18-26(2,3)4)25(29-28(8,9)10)24(17-22)19-27(5,6)7/h11-17,20H,18-19H2,1-10H3. The SMILES string of the molecule is CC(c1ccccc1)c1cc(CC(C)(C)C)c(OC(C)(C)C)c(CC(C)(C)C)c1. The summed E-state index contributed by atoms with van der Waals surface area (Å²) < 4.78 is 6.60. The van der Waals surface area contributed by atoms with Crippen LogP contribution < -0.4 is 4.74 Å². The first-order chi connectivity index (χ1) is 13.1. The second-order valence-electron chi connectivity index (χ2n) is 12.0. The molecule has 0 aromatic heterocycles. The molecule has 0 heterocycles. The summed E-state index contributed by atoms with van der Waals surface area (Å²) in [6.45, 7) is 22.6. The molecule has 2 aromatic carbocycles. The van der Waals surface area contributed by atoms with Crippen molar-refractivity contribution in [3.8, 4) is 5.75 Å². The lowest BCUT2D eigenvalue weighted by atomic mass is 9.80. The summed E-state index contributed by atoms with van der Waals surface area (Å²) in [6, 6.07) is 15.6. The second kappa shape index (κ2) is 8.54. The molecule has 1 atom stereocenters. The molecule has 0 bridgehead atoms. The Kier molecular flexibility index (Phi) is 6.93. The lowest BCUT2D eigenvalue weighted by Gasteiger charge is -2.31. The normalized spacial score (nSPS) is 14.0. The molecular weight excluding hydrogens is 352 g/mol. The molecule has 0 fully saturated rings. The van der Waals surface area contributed by atoms with Crippen molar-refractivity contribution in [1.82, 2.24) is 0 Å². The largest absolute Gasteiger partial charge is 0.488 e. The van der Waals surface area contributed by atoms with Gasteiger partial charge in [-0.2, -0.15) is 0 Å². The molecule has 0 spiro atoms. The highest BCUT2D eigenvalue weighted by atomic mass is 16.5. The summed E-state index contributed by atoms with van der Waals surface area (Å²) in [7, 11) is 0. The minimum absolute atomic E-state index is 0.198. The quantitative estimate of drug-likeness (QED) is 0.496. The van der Waals surface area contributed by atoms with Crippen LogP contribution in [-0.2, 0) is 12.8 Å². The Hall–Kier alpha value is -1.76. The van der Waals surface area contributed by atoms with Crippen LogP contribution in [0.5, 0.6) is 5.75 Å². The molecule has 160 valence electrons. The molecular formula is C28H42O. The van der Waals surface area contributed by atoms with Crippen LogP contribution in [0.4, 0.5) is 0 Å². The minimum atomic E-state index is -0.216. The highest BCUT2D eigenvalue weighted by Gasteiger charge is 2.26. The minimum Gasteiger partial charge on any atom is -0.488 e. The van der Waals surface area contributed by atoms with Crippen molar-refractivity contribution >= 4 is 0 Å². The Labute approximate surface area is 179 Å². The van der Waals surface area contributed by atoms with Gasteiger partial charge in [-0.3, -0.25) is 0 Å². The van der Waals surface area contributed by atoms with E-state index in [4.69, 9.17) is 4.74 Å². The van der Waals surface area contributed by atoms with Crippen molar-refractivity contribution in [2.45, 2.75) is 93.6 Å². The fourth-order valence-electron chi connectivity index (χ4n) is 3.81. The summed E-state index contributed by atoms with van der Waals surface area (Å²) >= 11 is 0. The Morgan fingerprint density at radius 1 is 0.690 bits per heavy atom. The van der Waals surface area contributed by atoms with Crippen LogP contribution in [0.3, 0.4) is 0 Å². The van der Waals surface area contributed by atoms with Crippen molar-refractivity contribution in [3.63, 3.8) is 0 Å². The monoisotopic (exact) mass is 394 g/mol. The summed E-state index contributed by atoms with van der Waals surface area (Å²) in [5, 5.41) is 0. The van der Waals surface area contributed by atoms with E-state index in [2.05, 4.69) is 112 Å². The maximum Gasteiger partial charge on any atom is 0.126 e. The van der Waals surface area contributed by atoms with Crippen LogP contribution in [0.2, 0.25) is 0 Å². The van der Waals surface area contributed by atoms with Gasteiger partial charge in [0.15, 0.2) is 0 Å². The van der Waals surface area contributed by atoms with Gasteiger partial charge in [0.05, 0.1) is 0 Å². The van der Waals surface area contributed by atoms with E-state index in [1.807, 2.05) is 0 Å². The van der Waals surface area contributed by atoms with Gasteiger partial charge in [0.1, 0.15) is 11.4 Å². The van der Waals surface area contributed by atoms with Gasteiger partial charge < -0.3 is 4.74 Å². The van der Waals surface area contributed by atoms with E-state index in [0.717, 1.165) is 18.6 Å². The van der Waals surface area contributed by atoms with Crippen molar-refractivity contribution in [2.24, 2.45) is 10.8 Å². The van der Waals surface area contributed by atoms with E-state index < -0.39 is 0 Å². The van der Waals surface area contributed by atoms with Crippen LogP contribution in [0.15, 0.2) is 42.5 Å². The zero-order valence-corrected chi connectivity index (χ0v) is 20.4. The molecule has 1 unspecified atom stereocenters. The van der Waals surface area contributed by atoms with Gasteiger partial charge >= 0.3 is 0 Å². The molecule has 0 N–H and O–H groups in total. The highest BCUT2D eigenvalue weighted by molar-refractivity contribution is 5.49. The van der Waals surface area contributed by atoms with E-state index in [0.29, 0.717) is 5.92 Å². The molecule has 1 nitrogen and oxygen atoms in total. The topological polar surface area (TPSA) is 9.23 Å². The first kappa shape index (κ1) is 23.5. The zero-order chi connectivity index (χ0) is 22.0.